The predicted octanol–water partition coefficient (Wildman–Crippen LogP) is 2.67. The maximum absolute atomic E-state index is 13.6. The maximum Gasteiger partial charge on any atom is 0.159 e. The van der Waals surface area contributed by atoms with Crippen LogP contribution in [0.15, 0.2) is 35.6 Å². The van der Waals surface area contributed by atoms with Crippen molar-refractivity contribution in [3.8, 4) is 0 Å². The highest BCUT2D eigenvalue weighted by Crippen LogP contribution is 2.47. The first-order chi connectivity index (χ1) is 10.1. The third kappa shape index (κ3) is 2.81. The van der Waals surface area contributed by atoms with Gasteiger partial charge in [-0.1, -0.05) is 12.1 Å². The lowest BCUT2D eigenvalue weighted by molar-refractivity contribution is -0.132. The van der Waals surface area contributed by atoms with Crippen LogP contribution in [0.25, 0.3) is 0 Å². The minimum Gasteiger partial charge on any atom is -0.512 e. The van der Waals surface area contributed by atoms with E-state index in [0.29, 0.717) is 5.56 Å². The Labute approximate surface area is 128 Å². The summed E-state index contributed by atoms with van der Waals surface area (Å²) in [5.41, 5.74) is -1.06. The summed E-state index contributed by atoms with van der Waals surface area (Å²) in [6.45, 7) is 4.05. The van der Waals surface area contributed by atoms with Gasteiger partial charge in [-0.3, -0.25) is 9.59 Å². The Morgan fingerprint density at radius 3 is 2.45 bits per heavy atom. The number of aliphatic hydroxyl groups is 2. The molecule has 4 nitrogen and oxygen atoms in total. The molecule has 2 N–H and O–H groups in total. The highest BCUT2D eigenvalue weighted by molar-refractivity contribution is 5.97. The molecular formula is C17H19FO4. The smallest absolute Gasteiger partial charge is 0.159 e. The molecule has 0 aromatic heterocycles. The summed E-state index contributed by atoms with van der Waals surface area (Å²) in [6.07, 6.45) is -0.183. The van der Waals surface area contributed by atoms with Crippen molar-refractivity contribution < 1.29 is 24.2 Å². The molecule has 0 fully saturated rings. The van der Waals surface area contributed by atoms with E-state index in [4.69, 9.17) is 0 Å². The van der Waals surface area contributed by atoms with Gasteiger partial charge in [0.05, 0.1) is 11.5 Å². The van der Waals surface area contributed by atoms with Crippen LogP contribution >= 0.6 is 0 Å². The number of ketones is 2. The monoisotopic (exact) mass is 306 g/mol. The summed E-state index contributed by atoms with van der Waals surface area (Å²) in [5, 5.41) is 20.7. The summed E-state index contributed by atoms with van der Waals surface area (Å²) in [4.78, 5) is 24.0. The van der Waals surface area contributed by atoms with Crippen LogP contribution in [0.3, 0.4) is 0 Å². The van der Waals surface area contributed by atoms with Crippen LogP contribution in [0, 0.1) is 11.7 Å². The maximum atomic E-state index is 13.6. The van der Waals surface area contributed by atoms with Gasteiger partial charge in [-0.2, -0.15) is 0 Å². The molecule has 1 aliphatic rings. The van der Waals surface area contributed by atoms with Gasteiger partial charge in [0.15, 0.2) is 5.78 Å². The number of rotatable bonds is 3. The highest BCUT2D eigenvalue weighted by atomic mass is 19.1. The third-order valence-corrected chi connectivity index (χ3v) is 4.18. The van der Waals surface area contributed by atoms with Crippen molar-refractivity contribution in [2.75, 3.05) is 0 Å². The molecule has 0 saturated heterocycles. The molecule has 5 heteroatoms. The second-order valence-corrected chi connectivity index (χ2v) is 6.07. The second kappa shape index (κ2) is 5.65. The van der Waals surface area contributed by atoms with E-state index in [-0.39, 0.29) is 23.5 Å². The Balaban J connectivity index is 2.72. The summed E-state index contributed by atoms with van der Waals surface area (Å²) < 4.78 is 13.6. The third-order valence-electron chi connectivity index (χ3n) is 4.18. The molecule has 0 amide bonds. The topological polar surface area (TPSA) is 74.6 Å². The molecule has 0 saturated carbocycles. The van der Waals surface area contributed by atoms with Gasteiger partial charge < -0.3 is 10.2 Å². The van der Waals surface area contributed by atoms with Gasteiger partial charge in [-0.05, 0) is 38.5 Å². The number of carbonyl (C=O) groups excluding carboxylic acids is 2. The van der Waals surface area contributed by atoms with Crippen LogP contribution in [0.5, 0.6) is 0 Å². The SMILES string of the molecule is CC(=O)C1=C(O)C[C@](C)(O)[C@@H](C(C)=O)[C@H]1c1cccc(F)c1. The molecule has 1 aliphatic carbocycles. The quantitative estimate of drug-likeness (QED) is 0.900. The lowest BCUT2D eigenvalue weighted by atomic mass is 9.64. The standard InChI is InChI=1S/C17H19FO4/c1-9(19)14-13(21)8-17(3,22)16(10(2)20)15(14)11-5-4-6-12(18)7-11/h4-7,15-16,21-22H,8H2,1-3H3/t15-,16-,17-/m0/s1. The molecule has 22 heavy (non-hydrogen) atoms. The van der Waals surface area contributed by atoms with Gasteiger partial charge in [0.2, 0.25) is 0 Å². The lowest BCUT2D eigenvalue weighted by Gasteiger charge is -2.41. The molecule has 1 aromatic carbocycles. The minimum absolute atomic E-state index is 0.0670. The van der Waals surface area contributed by atoms with Crippen LogP contribution in [-0.2, 0) is 9.59 Å². The first kappa shape index (κ1) is 16.4. The van der Waals surface area contributed by atoms with E-state index in [2.05, 4.69) is 0 Å². The highest BCUT2D eigenvalue weighted by Gasteiger charge is 2.49. The number of benzene rings is 1. The van der Waals surface area contributed by atoms with Crippen molar-refractivity contribution in [1.29, 1.82) is 0 Å². The first-order valence-electron chi connectivity index (χ1n) is 7.06. The molecular weight excluding hydrogens is 287 g/mol. The van der Waals surface area contributed by atoms with Gasteiger partial charge in [-0.15, -0.1) is 0 Å². The molecule has 0 unspecified atom stereocenters. The molecule has 0 aliphatic heterocycles. The van der Waals surface area contributed by atoms with E-state index >= 15 is 0 Å². The summed E-state index contributed by atoms with van der Waals surface area (Å²) in [5.74, 6) is -3.26. The summed E-state index contributed by atoms with van der Waals surface area (Å²) in [6, 6.07) is 5.53. The number of carbonyl (C=O) groups is 2. The lowest BCUT2D eigenvalue weighted by Crippen LogP contribution is -2.47. The van der Waals surface area contributed by atoms with Crippen LogP contribution in [0.1, 0.15) is 38.7 Å². The first-order valence-corrected chi connectivity index (χ1v) is 7.06. The Hall–Kier alpha value is -2.01. The van der Waals surface area contributed by atoms with Gasteiger partial charge >= 0.3 is 0 Å². The number of Topliss-reactive ketones (excluding diaryl/α,β-unsaturated/α-hetero) is 2. The number of aliphatic hydroxyl groups excluding tert-OH is 1. The van der Waals surface area contributed by atoms with Crippen LogP contribution < -0.4 is 0 Å². The number of hydrogen-bond acceptors (Lipinski definition) is 4. The Morgan fingerprint density at radius 1 is 1.32 bits per heavy atom. The van der Waals surface area contributed by atoms with Crippen molar-refractivity contribution in [1.82, 2.24) is 0 Å². The van der Waals surface area contributed by atoms with Crippen molar-refractivity contribution in [3.63, 3.8) is 0 Å². The summed E-state index contributed by atoms with van der Waals surface area (Å²) >= 11 is 0. The number of allylic oxidation sites excluding steroid dienone is 1. The van der Waals surface area contributed by atoms with Gasteiger partial charge in [0, 0.05) is 17.9 Å². The predicted molar refractivity (Wildman–Crippen MR) is 78.9 cm³/mol. The average molecular weight is 306 g/mol. The molecule has 118 valence electrons. The summed E-state index contributed by atoms with van der Waals surface area (Å²) in [7, 11) is 0. The van der Waals surface area contributed by atoms with Crippen molar-refractivity contribution in [3.05, 3.63) is 47.0 Å². The molecule has 1 aromatic rings. The fraction of sp³-hybridized carbons (Fsp3) is 0.412. The van der Waals surface area contributed by atoms with E-state index in [9.17, 15) is 24.2 Å². The van der Waals surface area contributed by atoms with E-state index < -0.39 is 29.0 Å². The molecule has 0 heterocycles. The molecule has 3 atom stereocenters. The number of halogens is 1. The zero-order valence-corrected chi connectivity index (χ0v) is 12.8. The average Bonchev–Trinajstić information content (AvgIpc) is 2.35. The van der Waals surface area contributed by atoms with Gasteiger partial charge in [0.25, 0.3) is 0 Å². The van der Waals surface area contributed by atoms with E-state index in [1.807, 2.05) is 0 Å². The van der Waals surface area contributed by atoms with Crippen LogP contribution in [0.2, 0.25) is 0 Å². The van der Waals surface area contributed by atoms with Gasteiger partial charge in [0.1, 0.15) is 17.4 Å². The molecule has 0 spiro atoms. The van der Waals surface area contributed by atoms with E-state index in [1.165, 1.54) is 39.0 Å². The van der Waals surface area contributed by atoms with Gasteiger partial charge in [-0.25, -0.2) is 4.39 Å². The zero-order chi connectivity index (χ0) is 16.7. The van der Waals surface area contributed by atoms with Crippen LogP contribution in [-0.4, -0.2) is 27.4 Å². The Bertz CT molecular complexity index is 660. The fourth-order valence-electron chi connectivity index (χ4n) is 3.40. The second-order valence-electron chi connectivity index (χ2n) is 6.07. The fourth-order valence-corrected chi connectivity index (χ4v) is 3.40. The van der Waals surface area contributed by atoms with Crippen molar-refractivity contribution in [2.45, 2.75) is 38.7 Å². The molecule has 2 rings (SSSR count). The Morgan fingerprint density at radius 2 is 1.95 bits per heavy atom. The van der Waals surface area contributed by atoms with E-state index in [1.54, 1.807) is 6.07 Å². The minimum atomic E-state index is -1.51. The number of hydrogen-bond donors (Lipinski definition) is 2. The van der Waals surface area contributed by atoms with Crippen molar-refractivity contribution >= 4 is 11.6 Å². The van der Waals surface area contributed by atoms with Crippen LogP contribution in [0.4, 0.5) is 4.39 Å². The molecule has 0 bridgehead atoms. The largest absolute Gasteiger partial charge is 0.512 e. The van der Waals surface area contributed by atoms with E-state index in [0.717, 1.165) is 0 Å². The normalized spacial score (nSPS) is 28.6. The Kier molecular flexibility index (Phi) is 4.20. The molecule has 0 radical (unpaired) electrons. The van der Waals surface area contributed by atoms with Crippen molar-refractivity contribution in [2.24, 2.45) is 5.92 Å². The zero-order valence-electron chi connectivity index (χ0n) is 12.8.